The molecule has 3 aromatic rings. The molecule has 0 aliphatic carbocycles. The van der Waals surface area contributed by atoms with Crippen LogP contribution in [0.2, 0.25) is 0 Å². The van der Waals surface area contributed by atoms with Crippen LogP contribution < -0.4 is 15.5 Å². The fourth-order valence-electron chi connectivity index (χ4n) is 3.58. The lowest BCUT2D eigenvalue weighted by Crippen LogP contribution is -2.44. The predicted octanol–water partition coefficient (Wildman–Crippen LogP) is 3.36. The number of hydrogen-bond donors (Lipinski definition) is 2. The van der Waals surface area contributed by atoms with Crippen molar-refractivity contribution in [3.8, 4) is 5.69 Å². The fourth-order valence-corrected chi connectivity index (χ4v) is 3.58. The molecule has 0 spiro atoms. The SMILES string of the molecule is CCNC(=NCc1cccc(-n2cccn2)c1)NC1CCN(c2ncccc2F)C1.I. The molecule has 31 heavy (non-hydrogen) atoms. The molecule has 0 amide bonds. The van der Waals surface area contributed by atoms with Gasteiger partial charge >= 0.3 is 0 Å². The van der Waals surface area contributed by atoms with Crippen LogP contribution in [0.25, 0.3) is 5.69 Å². The summed E-state index contributed by atoms with van der Waals surface area (Å²) in [4.78, 5) is 10.9. The summed E-state index contributed by atoms with van der Waals surface area (Å²) >= 11 is 0. The quantitative estimate of drug-likeness (QED) is 0.288. The monoisotopic (exact) mass is 535 g/mol. The van der Waals surface area contributed by atoms with Crippen LogP contribution in [0.4, 0.5) is 10.2 Å². The van der Waals surface area contributed by atoms with Crippen LogP contribution >= 0.6 is 24.0 Å². The standard InChI is InChI=1S/C22H26FN7.HI/c1-2-24-22(26-15-17-6-3-7-19(14-17)30-12-5-11-27-30)28-18-9-13-29(16-18)21-20(23)8-4-10-25-21;/h3-8,10-12,14,18H,2,9,13,15-16H2,1H3,(H2,24,26,28);1H. The minimum absolute atomic E-state index is 0. The summed E-state index contributed by atoms with van der Waals surface area (Å²) in [6.07, 6.45) is 6.21. The Kier molecular flexibility index (Phi) is 8.21. The highest BCUT2D eigenvalue weighted by molar-refractivity contribution is 14.0. The van der Waals surface area contributed by atoms with Gasteiger partial charge in [0.15, 0.2) is 17.6 Å². The van der Waals surface area contributed by atoms with Crippen LogP contribution in [0.5, 0.6) is 0 Å². The first-order chi connectivity index (χ1) is 14.7. The Morgan fingerprint density at radius 3 is 2.90 bits per heavy atom. The molecule has 4 rings (SSSR count). The maximum atomic E-state index is 14.0. The molecule has 1 fully saturated rings. The van der Waals surface area contributed by atoms with Crippen molar-refractivity contribution in [1.29, 1.82) is 0 Å². The highest BCUT2D eigenvalue weighted by Crippen LogP contribution is 2.20. The van der Waals surface area contributed by atoms with Gasteiger partial charge in [-0.2, -0.15) is 5.10 Å². The molecule has 1 aliphatic rings. The van der Waals surface area contributed by atoms with Crippen LogP contribution in [0.15, 0.2) is 66.0 Å². The number of hydrogen-bond acceptors (Lipinski definition) is 4. The number of aliphatic imine (C=N–C) groups is 1. The number of benzene rings is 1. The second-order valence-electron chi connectivity index (χ2n) is 7.20. The zero-order valence-electron chi connectivity index (χ0n) is 17.4. The molecule has 164 valence electrons. The molecule has 3 heterocycles. The van der Waals surface area contributed by atoms with Crippen LogP contribution in [-0.2, 0) is 6.54 Å². The predicted molar refractivity (Wildman–Crippen MR) is 132 cm³/mol. The Hall–Kier alpha value is -2.69. The van der Waals surface area contributed by atoms with Crippen molar-refractivity contribution in [2.75, 3.05) is 24.5 Å². The number of anilines is 1. The van der Waals surface area contributed by atoms with Crippen molar-refractivity contribution in [3.05, 3.63) is 72.4 Å². The molecular formula is C22H27FIN7. The van der Waals surface area contributed by atoms with Gasteiger partial charge in [0.1, 0.15) is 0 Å². The van der Waals surface area contributed by atoms with Crippen LogP contribution in [0, 0.1) is 5.82 Å². The van der Waals surface area contributed by atoms with E-state index in [0.29, 0.717) is 18.9 Å². The summed E-state index contributed by atoms with van der Waals surface area (Å²) in [5.41, 5.74) is 2.11. The van der Waals surface area contributed by atoms with Gasteiger partial charge in [-0.15, -0.1) is 24.0 Å². The number of pyridine rings is 1. The van der Waals surface area contributed by atoms with E-state index in [4.69, 9.17) is 4.99 Å². The highest BCUT2D eigenvalue weighted by Gasteiger charge is 2.25. The lowest BCUT2D eigenvalue weighted by Gasteiger charge is -2.20. The van der Waals surface area contributed by atoms with Gasteiger partial charge in [-0.3, -0.25) is 0 Å². The molecule has 1 unspecified atom stereocenters. The van der Waals surface area contributed by atoms with Crippen molar-refractivity contribution in [2.24, 2.45) is 4.99 Å². The van der Waals surface area contributed by atoms with Crippen molar-refractivity contribution >= 4 is 35.8 Å². The van der Waals surface area contributed by atoms with Gasteiger partial charge in [-0.05, 0) is 49.2 Å². The maximum absolute atomic E-state index is 14.0. The van der Waals surface area contributed by atoms with E-state index in [-0.39, 0.29) is 35.8 Å². The van der Waals surface area contributed by atoms with Gasteiger partial charge < -0.3 is 15.5 Å². The molecule has 1 saturated heterocycles. The molecule has 0 saturated carbocycles. The third-order valence-electron chi connectivity index (χ3n) is 5.01. The number of halogens is 2. The van der Waals surface area contributed by atoms with Gasteiger partial charge in [0.25, 0.3) is 0 Å². The first-order valence-corrected chi connectivity index (χ1v) is 10.2. The van der Waals surface area contributed by atoms with E-state index >= 15 is 0 Å². The number of guanidine groups is 1. The van der Waals surface area contributed by atoms with Gasteiger partial charge in [-0.25, -0.2) is 19.0 Å². The highest BCUT2D eigenvalue weighted by atomic mass is 127. The molecule has 0 radical (unpaired) electrons. The van der Waals surface area contributed by atoms with Crippen molar-refractivity contribution in [3.63, 3.8) is 0 Å². The normalized spacial score (nSPS) is 16.1. The van der Waals surface area contributed by atoms with E-state index in [9.17, 15) is 4.39 Å². The summed E-state index contributed by atoms with van der Waals surface area (Å²) in [6.45, 7) is 4.81. The summed E-state index contributed by atoms with van der Waals surface area (Å²) in [5, 5.41) is 11.1. The topological polar surface area (TPSA) is 70.4 Å². The first-order valence-electron chi connectivity index (χ1n) is 10.2. The van der Waals surface area contributed by atoms with Crippen LogP contribution in [0.3, 0.4) is 0 Å². The summed E-state index contributed by atoms with van der Waals surface area (Å²) in [7, 11) is 0. The number of nitrogens with zero attached hydrogens (tertiary/aromatic N) is 5. The lowest BCUT2D eigenvalue weighted by molar-refractivity contribution is 0.612. The van der Waals surface area contributed by atoms with Crippen LogP contribution in [-0.4, -0.2) is 46.4 Å². The molecule has 9 heteroatoms. The van der Waals surface area contributed by atoms with E-state index in [1.807, 2.05) is 40.9 Å². The number of aromatic nitrogens is 3. The molecule has 1 atom stereocenters. The molecule has 2 aromatic heterocycles. The fraction of sp³-hybridized carbons (Fsp3) is 0.318. The second kappa shape index (κ2) is 11.1. The maximum Gasteiger partial charge on any atom is 0.191 e. The average Bonchev–Trinajstić information content (AvgIpc) is 3.45. The Morgan fingerprint density at radius 2 is 2.13 bits per heavy atom. The molecule has 1 aliphatic heterocycles. The third-order valence-corrected chi connectivity index (χ3v) is 5.01. The van der Waals surface area contributed by atoms with Gasteiger partial charge in [0.2, 0.25) is 0 Å². The van der Waals surface area contributed by atoms with Gasteiger partial charge in [-0.1, -0.05) is 12.1 Å². The largest absolute Gasteiger partial charge is 0.357 e. The Morgan fingerprint density at radius 1 is 1.23 bits per heavy atom. The smallest absolute Gasteiger partial charge is 0.191 e. The Labute approximate surface area is 198 Å². The van der Waals surface area contributed by atoms with Crippen molar-refractivity contribution < 1.29 is 4.39 Å². The second-order valence-corrected chi connectivity index (χ2v) is 7.20. The Bertz CT molecular complexity index is 993. The third kappa shape index (κ3) is 5.93. The van der Waals surface area contributed by atoms with E-state index in [1.54, 1.807) is 18.5 Å². The number of nitrogens with one attached hydrogen (secondary N) is 2. The summed E-state index contributed by atoms with van der Waals surface area (Å²) in [5.74, 6) is 0.894. The first kappa shape index (κ1) is 23.0. The molecule has 7 nitrogen and oxygen atoms in total. The van der Waals surface area contributed by atoms with Crippen molar-refractivity contribution in [2.45, 2.75) is 25.9 Å². The Balaban J connectivity index is 0.00000272. The molecular weight excluding hydrogens is 508 g/mol. The zero-order chi connectivity index (χ0) is 20.8. The molecule has 0 bridgehead atoms. The van der Waals surface area contributed by atoms with E-state index in [1.165, 1.54) is 6.07 Å². The molecule has 2 N–H and O–H groups in total. The van der Waals surface area contributed by atoms with Crippen LogP contribution in [0.1, 0.15) is 18.9 Å². The molecule has 1 aromatic carbocycles. The lowest BCUT2D eigenvalue weighted by atomic mass is 10.2. The summed E-state index contributed by atoms with van der Waals surface area (Å²) < 4.78 is 15.9. The van der Waals surface area contributed by atoms with E-state index in [0.717, 1.165) is 36.7 Å². The number of rotatable bonds is 6. The van der Waals surface area contributed by atoms with Crippen molar-refractivity contribution in [1.82, 2.24) is 25.4 Å². The van der Waals surface area contributed by atoms with E-state index < -0.39 is 0 Å². The zero-order valence-corrected chi connectivity index (χ0v) is 19.7. The van der Waals surface area contributed by atoms with Gasteiger partial charge in [0.05, 0.1) is 12.2 Å². The average molecular weight is 535 g/mol. The summed E-state index contributed by atoms with van der Waals surface area (Å²) in [6, 6.07) is 13.3. The minimum Gasteiger partial charge on any atom is -0.357 e. The minimum atomic E-state index is -0.282. The van der Waals surface area contributed by atoms with E-state index in [2.05, 4.69) is 32.8 Å². The van der Waals surface area contributed by atoms with Gasteiger partial charge in [0, 0.05) is 44.3 Å².